The highest BCUT2D eigenvalue weighted by molar-refractivity contribution is 5.85. The van der Waals surface area contributed by atoms with Crippen LogP contribution in [0.5, 0.6) is 0 Å². The molecular weight excluding hydrogens is 152 g/mol. The summed E-state index contributed by atoms with van der Waals surface area (Å²) in [5.74, 6) is 1.75. The molecule has 0 saturated carbocycles. The Hall–Kier alpha value is -0.570. The van der Waals surface area contributed by atoms with Gasteiger partial charge in [0.1, 0.15) is 5.84 Å². The van der Waals surface area contributed by atoms with Gasteiger partial charge in [-0.2, -0.15) is 0 Å². The van der Waals surface area contributed by atoms with Crippen LogP contribution in [0.4, 0.5) is 0 Å². The summed E-state index contributed by atoms with van der Waals surface area (Å²) in [6.45, 7) is 3.89. The lowest BCUT2D eigenvalue weighted by Gasteiger charge is -2.26. The minimum Gasteiger partial charge on any atom is -0.381 e. The molecule has 1 saturated heterocycles. The first-order valence-electron chi connectivity index (χ1n) is 4.83. The number of nitrogens with zero attached hydrogens (tertiary/aromatic N) is 1. The molecule has 2 heterocycles. The van der Waals surface area contributed by atoms with Crippen molar-refractivity contribution in [2.24, 2.45) is 10.9 Å². The van der Waals surface area contributed by atoms with Crippen LogP contribution < -0.4 is 5.32 Å². The third-order valence-corrected chi connectivity index (χ3v) is 2.47. The van der Waals surface area contributed by atoms with Gasteiger partial charge in [-0.25, -0.2) is 0 Å². The molecule has 0 aromatic rings. The fourth-order valence-corrected chi connectivity index (χ4v) is 1.78. The normalized spacial score (nSPS) is 30.7. The summed E-state index contributed by atoms with van der Waals surface area (Å²) < 4.78 is 5.41. The zero-order chi connectivity index (χ0) is 8.23. The SMILES string of the molecule is C1CN=C(C2CCCOC2)NC1. The van der Waals surface area contributed by atoms with Gasteiger partial charge < -0.3 is 10.1 Å². The molecule has 1 N–H and O–H groups in total. The van der Waals surface area contributed by atoms with Crippen LogP contribution in [-0.2, 0) is 4.74 Å². The van der Waals surface area contributed by atoms with Crippen LogP contribution in [0.2, 0.25) is 0 Å². The summed E-state index contributed by atoms with van der Waals surface area (Å²) in [6.07, 6.45) is 3.61. The van der Waals surface area contributed by atoms with E-state index in [1.54, 1.807) is 0 Å². The first kappa shape index (κ1) is 8.05. The predicted octanol–water partition coefficient (Wildman–Crippen LogP) is 0.805. The van der Waals surface area contributed by atoms with Gasteiger partial charge in [0.25, 0.3) is 0 Å². The van der Waals surface area contributed by atoms with Crippen LogP contribution in [0.15, 0.2) is 4.99 Å². The van der Waals surface area contributed by atoms with Gasteiger partial charge in [-0.3, -0.25) is 4.99 Å². The molecule has 0 amide bonds. The number of amidine groups is 1. The molecule has 12 heavy (non-hydrogen) atoms. The maximum Gasteiger partial charge on any atom is 0.102 e. The highest BCUT2D eigenvalue weighted by Gasteiger charge is 2.20. The highest BCUT2D eigenvalue weighted by Crippen LogP contribution is 2.15. The van der Waals surface area contributed by atoms with Crippen molar-refractivity contribution in [3.63, 3.8) is 0 Å². The number of rotatable bonds is 1. The molecule has 0 spiro atoms. The van der Waals surface area contributed by atoms with E-state index in [0.29, 0.717) is 5.92 Å². The van der Waals surface area contributed by atoms with Crippen LogP contribution in [-0.4, -0.2) is 32.1 Å². The Morgan fingerprint density at radius 3 is 3.08 bits per heavy atom. The first-order chi connectivity index (χ1) is 5.97. The summed E-state index contributed by atoms with van der Waals surface area (Å²) in [5.41, 5.74) is 0. The molecule has 2 aliphatic rings. The summed E-state index contributed by atoms with van der Waals surface area (Å²) >= 11 is 0. The van der Waals surface area contributed by atoms with Crippen LogP contribution in [0.25, 0.3) is 0 Å². The zero-order valence-electron chi connectivity index (χ0n) is 7.38. The third kappa shape index (κ3) is 1.78. The molecule has 0 aromatic carbocycles. The van der Waals surface area contributed by atoms with Gasteiger partial charge in [-0.15, -0.1) is 0 Å². The van der Waals surface area contributed by atoms with Gasteiger partial charge in [0.2, 0.25) is 0 Å². The number of hydrogen-bond donors (Lipinski definition) is 1. The van der Waals surface area contributed by atoms with E-state index in [2.05, 4.69) is 10.3 Å². The van der Waals surface area contributed by atoms with Gasteiger partial charge in [-0.1, -0.05) is 0 Å². The molecule has 0 aliphatic carbocycles. The monoisotopic (exact) mass is 168 g/mol. The Bertz CT molecular complexity index is 173. The van der Waals surface area contributed by atoms with Crippen LogP contribution in [0.3, 0.4) is 0 Å². The minimum atomic E-state index is 0.555. The Balaban J connectivity index is 1.92. The zero-order valence-corrected chi connectivity index (χ0v) is 7.38. The summed E-state index contributed by atoms with van der Waals surface area (Å²) in [7, 11) is 0. The van der Waals surface area contributed by atoms with E-state index in [4.69, 9.17) is 4.74 Å². The molecule has 1 unspecified atom stereocenters. The fourth-order valence-electron chi connectivity index (χ4n) is 1.78. The molecule has 2 aliphatic heterocycles. The quantitative estimate of drug-likeness (QED) is 0.628. The van der Waals surface area contributed by atoms with Crippen molar-refractivity contribution in [1.29, 1.82) is 0 Å². The van der Waals surface area contributed by atoms with Crippen molar-refractivity contribution in [3.05, 3.63) is 0 Å². The third-order valence-electron chi connectivity index (χ3n) is 2.47. The smallest absolute Gasteiger partial charge is 0.102 e. The van der Waals surface area contributed by atoms with Crippen molar-refractivity contribution in [2.75, 3.05) is 26.3 Å². The predicted molar refractivity (Wildman–Crippen MR) is 48.5 cm³/mol. The molecule has 0 radical (unpaired) electrons. The largest absolute Gasteiger partial charge is 0.381 e. The van der Waals surface area contributed by atoms with Gasteiger partial charge >= 0.3 is 0 Å². The summed E-state index contributed by atoms with van der Waals surface area (Å²) in [4.78, 5) is 4.48. The van der Waals surface area contributed by atoms with E-state index in [1.165, 1.54) is 25.1 Å². The average Bonchev–Trinajstić information content (AvgIpc) is 2.21. The molecule has 0 bridgehead atoms. The summed E-state index contributed by atoms with van der Waals surface area (Å²) in [6, 6.07) is 0. The fraction of sp³-hybridized carbons (Fsp3) is 0.889. The van der Waals surface area contributed by atoms with E-state index in [-0.39, 0.29) is 0 Å². The van der Waals surface area contributed by atoms with Crippen molar-refractivity contribution < 1.29 is 4.74 Å². The maximum atomic E-state index is 5.41. The lowest BCUT2D eigenvalue weighted by Crippen LogP contribution is -2.38. The topological polar surface area (TPSA) is 33.6 Å². The second kappa shape index (κ2) is 3.90. The van der Waals surface area contributed by atoms with Gasteiger partial charge in [0.05, 0.1) is 6.61 Å². The van der Waals surface area contributed by atoms with E-state index < -0.39 is 0 Å². The average molecular weight is 168 g/mol. The van der Waals surface area contributed by atoms with Crippen molar-refractivity contribution in [3.8, 4) is 0 Å². The summed E-state index contributed by atoms with van der Waals surface area (Å²) in [5, 5.41) is 3.36. The van der Waals surface area contributed by atoms with Crippen molar-refractivity contribution in [1.82, 2.24) is 5.32 Å². The Morgan fingerprint density at radius 1 is 1.42 bits per heavy atom. The molecule has 1 fully saturated rings. The second-order valence-electron chi connectivity index (χ2n) is 3.46. The molecule has 1 atom stereocenters. The maximum absolute atomic E-state index is 5.41. The molecule has 2 rings (SSSR count). The van der Waals surface area contributed by atoms with E-state index in [1.807, 2.05) is 0 Å². The Kier molecular flexibility index (Phi) is 2.61. The number of hydrogen-bond acceptors (Lipinski definition) is 3. The Morgan fingerprint density at radius 2 is 2.42 bits per heavy atom. The van der Waals surface area contributed by atoms with Gasteiger partial charge in [0, 0.05) is 25.6 Å². The highest BCUT2D eigenvalue weighted by atomic mass is 16.5. The number of nitrogens with one attached hydrogen (secondary N) is 1. The lowest BCUT2D eigenvalue weighted by molar-refractivity contribution is 0.0756. The van der Waals surface area contributed by atoms with Crippen LogP contribution in [0, 0.1) is 5.92 Å². The lowest BCUT2D eigenvalue weighted by atomic mass is 10.0. The van der Waals surface area contributed by atoms with Gasteiger partial charge in [-0.05, 0) is 19.3 Å². The van der Waals surface area contributed by atoms with E-state index in [9.17, 15) is 0 Å². The van der Waals surface area contributed by atoms with Crippen LogP contribution >= 0.6 is 0 Å². The minimum absolute atomic E-state index is 0.555. The van der Waals surface area contributed by atoms with E-state index in [0.717, 1.165) is 26.3 Å². The van der Waals surface area contributed by atoms with Crippen molar-refractivity contribution >= 4 is 5.84 Å². The second-order valence-corrected chi connectivity index (χ2v) is 3.46. The van der Waals surface area contributed by atoms with Crippen molar-refractivity contribution in [2.45, 2.75) is 19.3 Å². The van der Waals surface area contributed by atoms with E-state index >= 15 is 0 Å². The molecule has 68 valence electrons. The first-order valence-corrected chi connectivity index (χ1v) is 4.83. The van der Waals surface area contributed by atoms with Crippen LogP contribution in [0.1, 0.15) is 19.3 Å². The Labute approximate surface area is 73.2 Å². The van der Waals surface area contributed by atoms with Gasteiger partial charge in [0.15, 0.2) is 0 Å². The molecular formula is C9H16N2O. The standard InChI is InChI=1S/C9H16N2O/c1-3-8(7-12-6-1)9-10-4-2-5-11-9/h8H,1-7H2,(H,10,11). The molecule has 0 aromatic heterocycles. The molecule has 3 heteroatoms. The molecule has 3 nitrogen and oxygen atoms in total. The number of ether oxygens (including phenoxy) is 1. The number of aliphatic imine (C=N–C) groups is 1.